The molecule has 13 heteroatoms. The van der Waals surface area contributed by atoms with Gasteiger partial charge in [0, 0.05) is 25.3 Å². The summed E-state index contributed by atoms with van der Waals surface area (Å²) in [6.07, 6.45) is 3.64. The molecule has 0 bridgehead atoms. The zero-order valence-corrected chi connectivity index (χ0v) is 25.0. The molecule has 1 saturated heterocycles. The van der Waals surface area contributed by atoms with E-state index >= 15 is 0 Å². The van der Waals surface area contributed by atoms with E-state index in [1.807, 2.05) is 24.3 Å². The van der Waals surface area contributed by atoms with Gasteiger partial charge in [0.05, 0.1) is 33.7 Å². The summed E-state index contributed by atoms with van der Waals surface area (Å²) in [4.78, 5) is 30.4. The maximum absolute atomic E-state index is 14.0. The van der Waals surface area contributed by atoms with E-state index in [0.717, 1.165) is 24.0 Å². The number of rotatable bonds is 14. The molecule has 2 aromatic heterocycles. The summed E-state index contributed by atoms with van der Waals surface area (Å²) in [5.41, 5.74) is 1.61. The first kappa shape index (κ1) is 30.5. The molecule has 0 radical (unpaired) electrons. The van der Waals surface area contributed by atoms with Crippen LogP contribution < -0.4 is 19.5 Å². The van der Waals surface area contributed by atoms with Gasteiger partial charge in [0.25, 0.3) is 5.91 Å². The molecule has 0 spiro atoms. The van der Waals surface area contributed by atoms with Gasteiger partial charge in [-0.25, -0.2) is 0 Å². The molecule has 0 unspecified atom stereocenters. The Morgan fingerprint density at radius 1 is 1.07 bits per heavy atom. The molecule has 2 amide bonds. The number of nitrogens with zero attached hydrogens (tertiary/aromatic N) is 5. The number of benzene rings is 2. The molecule has 1 fully saturated rings. The van der Waals surface area contributed by atoms with Crippen molar-refractivity contribution in [2.45, 2.75) is 38.0 Å². The van der Waals surface area contributed by atoms with Crippen LogP contribution in [-0.4, -0.2) is 84.1 Å². The van der Waals surface area contributed by atoms with Crippen LogP contribution in [0.3, 0.4) is 0 Å². The number of nitrogens with one attached hydrogen (secondary N) is 1. The number of carbonyl (C=O) groups is 2. The minimum Gasteiger partial charge on any atom is -0.497 e. The number of aromatic nitrogens is 4. The van der Waals surface area contributed by atoms with E-state index in [2.05, 4.69) is 20.7 Å². The molecule has 0 saturated carbocycles. The van der Waals surface area contributed by atoms with Crippen LogP contribution in [0.5, 0.6) is 17.2 Å². The SMILES string of the molecule is COc1ccc(-c2nnn(CC(=O)N(CCc3ccc(OC)c(OC)c3)[C@H](C(=O)NC[C@@H]3CCCO3)c3ccco3)n2)cc1. The molecule has 1 aliphatic rings. The van der Waals surface area contributed by atoms with E-state index in [-0.39, 0.29) is 25.1 Å². The number of hydrogen-bond donors (Lipinski definition) is 1. The fourth-order valence-corrected chi connectivity index (χ4v) is 5.05. The van der Waals surface area contributed by atoms with Crippen LogP contribution in [0.2, 0.25) is 0 Å². The van der Waals surface area contributed by atoms with Crippen LogP contribution in [0, 0.1) is 0 Å². The zero-order valence-electron chi connectivity index (χ0n) is 25.0. The van der Waals surface area contributed by atoms with E-state index < -0.39 is 11.9 Å². The van der Waals surface area contributed by atoms with Gasteiger partial charge in [-0.05, 0) is 78.6 Å². The summed E-state index contributed by atoms with van der Waals surface area (Å²) in [5.74, 6) is 1.78. The highest BCUT2D eigenvalue weighted by molar-refractivity contribution is 5.88. The maximum atomic E-state index is 14.0. The molecule has 1 N–H and O–H groups in total. The molecule has 3 heterocycles. The Morgan fingerprint density at radius 2 is 1.89 bits per heavy atom. The van der Waals surface area contributed by atoms with Crippen molar-refractivity contribution in [2.75, 3.05) is 41.0 Å². The minimum absolute atomic E-state index is 0.0668. The third-order valence-electron chi connectivity index (χ3n) is 7.39. The standard InChI is InChI=1S/C31H36N6O7/c1-40-23-11-9-22(10-12-23)30-33-35-37(34-30)20-28(38)36(15-14-21-8-13-25(41-2)27(18-21)42-3)29(26-7-5-17-44-26)31(39)32-19-24-6-4-16-43-24/h5,7-13,17-18,24,29H,4,6,14-16,19-20H2,1-3H3,(H,32,39)/t24-,29-/m0/s1. The molecule has 1 aliphatic heterocycles. The Kier molecular flexibility index (Phi) is 10.1. The first-order valence-electron chi connectivity index (χ1n) is 14.3. The fraction of sp³-hybridized carbons (Fsp3) is 0.387. The van der Waals surface area contributed by atoms with Gasteiger partial charge in [-0.1, -0.05) is 6.07 Å². The lowest BCUT2D eigenvalue weighted by Crippen LogP contribution is -2.47. The fourth-order valence-electron chi connectivity index (χ4n) is 5.05. The van der Waals surface area contributed by atoms with Crippen LogP contribution in [0.15, 0.2) is 65.3 Å². The number of methoxy groups -OCH3 is 3. The smallest absolute Gasteiger partial charge is 0.250 e. The van der Waals surface area contributed by atoms with Gasteiger partial charge in [-0.3, -0.25) is 9.59 Å². The van der Waals surface area contributed by atoms with Crippen molar-refractivity contribution in [3.05, 3.63) is 72.2 Å². The highest BCUT2D eigenvalue weighted by Crippen LogP contribution is 2.29. The molecule has 0 aliphatic carbocycles. The summed E-state index contributed by atoms with van der Waals surface area (Å²) in [5, 5.41) is 15.6. The van der Waals surface area contributed by atoms with Gasteiger partial charge in [0.1, 0.15) is 18.1 Å². The number of carbonyl (C=O) groups excluding carboxylic acids is 2. The average molecular weight is 605 g/mol. The second-order valence-electron chi connectivity index (χ2n) is 10.2. The van der Waals surface area contributed by atoms with Crippen molar-refractivity contribution in [1.29, 1.82) is 0 Å². The van der Waals surface area contributed by atoms with Crippen LogP contribution in [0.1, 0.15) is 30.2 Å². The Morgan fingerprint density at radius 3 is 2.57 bits per heavy atom. The normalized spacial score (nSPS) is 15.0. The molecule has 13 nitrogen and oxygen atoms in total. The van der Waals surface area contributed by atoms with Crippen LogP contribution in [0.4, 0.5) is 0 Å². The van der Waals surface area contributed by atoms with Crippen molar-refractivity contribution in [1.82, 2.24) is 30.4 Å². The van der Waals surface area contributed by atoms with Gasteiger partial charge >= 0.3 is 0 Å². The van der Waals surface area contributed by atoms with E-state index in [1.54, 1.807) is 51.7 Å². The van der Waals surface area contributed by atoms with E-state index in [4.69, 9.17) is 23.4 Å². The lowest BCUT2D eigenvalue weighted by molar-refractivity contribution is -0.142. The summed E-state index contributed by atoms with van der Waals surface area (Å²) >= 11 is 0. The lowest BCUT2D eigenvalue weighted by atomic mass is 10.1. The van der Waals surface area contributed by atoms with E-state index in [9.17, 15) is 9.59 Å². The van der Waals surface area contributed by atoms with Crippen LogP contribution in [0.25, 0.3) is 11.4 Å². The predicted molar refractivity (Wildman–Crippen MR) is 158 cm³/mol. The summed E-state index contributed by atoms with van der Waals surface area (Å²) in [6, 6.07) is 15.1. The second kappa shape index (κ2) is 14.5. The topological polar surface area (TPSA) is 143 Å². The third kappa shape index (κ3) is 7.35. The van der Waals surface area contributed by atoms with Gasteiger partial charge in [0.15, 0.2) is 17.5 Å². The Balaban J connectivity index is 1.39. The number of furan rings is 1. The number of ether oxygens (including phenoxy) is 4. The lowest BCUT2D eigenvalue weighted by Gasteiger charge is -2.30. The summed E-state index contributed by atoms with van der Waals surface area (Å²) in [6.45, 7) is 0.948. The second-order valence-corrected chi connectivity index (χ2v) is 10.2. The average Bonchev–Trinajstić information content (AvgIpc) is 3.86. The Hall–Kier alpha value is -4.91. The van der Waals surface area contributed by atoms with Crippen LogP contribution >= 0.6 is 0 Å². The van der Waals surface area contributed by atoms with Crippen molar-refractivity contribution in [3.63, 3.8) is 0 Å². The monoisotopic (exact) mass is 604 g/mol. The molecular weight excluding hydrogens is 568 g/mol. The molecule has 44 heavy (non-hydrogen) atoms. The molecule has 2 aromatic carbocycles. The molecule has 232 valence electrons. The van der Waals surface area contributed by atoms with Gasteiger partial charge in [-0.15, -0.1) is 10.2 Å². The van der Waals surface area contributed by atoms with Crippen LogP contribution in [-0.2, 0) is 27.3 Å². The van der Waals surface area contributed by atoms with Crippen molar-refractivity contribution in [3.8, 4) is 28.6 Å². The maximum Gasteiger partial charge on any atom is 0.250 e. The predicted octanol–water partition coefficient (Wildman–Crippen LogP) is 3.07. The summed E-state index contributed by atoms with van der Waals surface area (Å²) in [7, 11) is 4.72. The van der Waals surface area contributed by atoms with E-state index in [0.29, 0.717) is 48.4 Å². The number of amides is 2. The molecular formula is C31H36N6O7. The number of tetrazole rings is 1. The van der Waals surface area contributed by atoms with Gasteiger partial charge in [0.2, 0.25) is 11.7 Å². The molecule has 5 rings (SSSR count). The highest BCUT2D eigenvalue weighted by atomic mass is 16.5. The first-order valence-corrected chi connectivity index (χ1v) is 14.3. The van der Waals surface area contributed by atoms with Gasteiger partial charge in [-0.2, -0.15) is 4.80 Å². The Bertz CT molecular complexity index is 1520. The van der Waals surface area contributed by atoms with E-state index in [1.165, 1.54) is 16.0 Å². The zero-order chi connectivity index (χ0) is 30.9. The molecule has 2 atom stereocenters. The van der Waals surface area contributed by atoms with Gasteiger partial charge < -0.3 is 33.6 Å². The van der Waals surface area contributed by atoms with Crippen molar-refractivity contribution >= 4 is 11.8 Å². The third-order valence-corrected chi connectivity index (χ3v) is 7.39. The minimum atomic E-state index is -1.04. The summed E-state index contributed by atoms with van der Waals surface area (Å²) < 4.78 is 27.4. The Labute approximate surface area is 255 Å². The number of hydrogen-bond acceptors (Lipinski definition) is 10. The quantitative estimate of drug-likeness (QED) is 0.228. The molecule has 4 aromatic rings. The highest BCUT2D eigenvalue weighted by Gasteiger charge is 2.34. The largest absolute Gasteiger partial charge is 0.497 e. The van der Waals surface area contributed by atoms with Crippen molar-refractivity contribution < 1.29 is 33.0 Å². The van der Waals surface area contributed by atoms with Crippen molar-refractivity contribution in [2.24, 2.45) is 0 Å². The first-order chi connectivity index (χ1) is 21.5.